The molecule has 0 amide bonds. The predicted molar refractivity (Wildman–Crippen MR) is 537 cm³/mol. The van der Waals surface area contributed by atoms with E-state index in [2.05, 4.69) is 392 Å². The molecule has 590 valence electrons. The number of benzene rings is 19. The summed E-state index contributed by atoms with van der Waals surface area (Å²) in [7, 11) is 0. The molecule has 11 nitrogen and oxygen atoms in total. The van der Waals surface area contributed by atoms with Gasteiger partial charge < -0.3 is 4.40 Å². The van der Waals surface area contributed by atoms with Gasteiger partial charge in [-0.3, -0.25) is 13.2 Å². The Balaban J connectivity index is 0.0000000864. The molecule has 11 heteroatoms. The van der Waals surface area contributed by atoms with Gasteiger partial charge in [0, 0.05) is 129 Å². The molecule has 12 aromatic heterocycles. The maximum atomic E-state index is 5.20. The van der Waals surface area contributed by atoms with E-state index in [9.17, 15) is 0 Å². The highest BCUT2D eigenvalue weighted by molar-refractivity contribution is 6.41. The molecule has 31 aromatic rings. The summed E-state index contributed by atoms with van der Waals surface area (Å²) in [6.07, 6.45) is 12.1. The quantitative estimate of drug-likeness (QED) is 0.110. The van der Waals surface area contributed by atoms with E-state index in [1.54, 1.807) is 12.4 Å². The van der Waals surface area contributed by atoms with Crippen LogP contribution in [-0.2, 0) is 0 Å². The van der Waals surface area contributed by atoms with Crippen molar-refractivity contribution in [1.29, 1.82) is 0 Å². The summed E-state index contributed by atoms with van der Waals surface area (Å²) < 4.78 is 9.11. The van der Waals surface area contributed by atoms with E-state index in [1.165, 1.54) is 205 Å². The molecular weight excluding hydrogens is 1560 g/mol. The number of hydrogen-bond acceptors (Lipinski definition) is 7. The molecule has 0 aliphatic rings. The molecule has 0 N–H and O–H groups in total. The Bertz CT molecular complexity index is 9630. The van der Waals surface area contributed by atoms with Crippen LogP contribution < -0.4 is 0 Å². The zero-order valence-corrected chi connectivity index (χ0v) is 68.6. The number of nitrogens with zero attached hydrogens (tertiary/aromatic N) is 11. The average Bonchev–Trinajstić information content (AvgIpc) is 1.49. The maximum absolute atomic E-state index is 5.20. The second kappa shape index (κ2) is 27.0. The van der Waals surface area contributed by atoms with Crippen molar-refractivity contribution < 1.29 is 0 Å². The van der Waals surface area contributed by atoms with Crippen molar-refractivity contribution in [2.75, 3.05) is 0 Å². The fourth-order valence-electron chi connectivity index (χ4n) is 21.7. The van der Waals surface area contributed by atoms with Gasteiger partial charge in [0.2, 0.25) is 0 Å². The Morgan fingerprint density at radius 2 is 0.484 bits per heavy atom. The van der Waals surface area contributed by atoms with Crippen molar-refractivity contribution in [3.05, 3.63) is 407 Å². The van der Waals surface area contributed by atoms with E-state index in [-0.39, 0.29) is 0 Å². The second-order valence-electron chi connectivity index (χ2n) is 33.7. The lowest BCUT2D eigenvalue weighted by atomic mass is 9.91. The molecule has 0 fully saturated rings. The first-order valence-corrected chi connectivity index (χ1v) is 43.5. The van der Waals surface area contributed by atoms with Crippen LogP contribution in [0.3, 0.4) is 0 Å². The number of fused-ring (bicyclic) bond motifs is 54. The Morgan fingerprint density at radius 1 is 0.172 bits per heavy atom. The smallest absolute Gasteiger partial charge is 0.199 e. The molecule has 31 rings (SSSR count). The van der Waals surface area contributed by atoms with Gasteiger partial charge in [-0.05, 0) is 145 Å². The van der Waals surface area contributed by atoms with Crippen molar-refractivity contribution >= 4 is 272 Å². The Hall–Kier alpha value is -17.4. The summed E-state index contributed by atoms with van der Waals surface area (Å²) in [6, 6.07) is 133. The van der Waals surface area contributed by atoms with Crippen LogP contribution in [0.15, 0.2) is 407 Å². The molecule has 0 saturated carbocycles. The van der Waals surface area contributed by atoms with E-state index in [1.807, 2.05) is 30.5 Å². The molecule has 0 radical (unpaired) electrons. The predicted octanol–water partition coefficient (Wildman–Crippen LogP) is 30.0. The molecule has 0 aliphatic carbocycles. The highest BCUT2D eigenvalue weighted by Gasteiger charge is 2.26. The number of para-hydroxylation sites is 3. The van der Waals surface area contributed by atoms with Gasteiger partial charge in [0.25, 0.3) is 0 Å². The Kier molecular flexibility index (Phi) is 14.8. The van der Waals surface area contributed by atoms with Crippen molar-refractivity contribution in [3.63, 3.8) is 0 Å². The van der Waals surface area contributed by atoms with Gasteiger partial charge in [-0.1, -0.05) is 322 Å². The molecule has 0 atom stereocenters. The van der Waals surface area contributed by atoms with Gasteiger partial charge >= 0.3 is 0 Å². The minimum atomic E-state index is 0.555. The monoisotopic (exact) mass is 1630 g/mol. The van der Waals surface area contributed by atoms with Gasteiger partial charge in [-0.15, -0.1) is 0 Å². The van der Waals surface area contributed by atoms with Gasteiger partial charge in [-0.25, -0.2) is 34.9 Å². The summed E-state index contributed by atoms with van der Waals surface area (Å²) in [5.41, 5.74) is 14.6. The molecular formula is C117H67N11. The van der Waals surface area contributed by atoms with Gasteiger partial charge in [0.15, 0.2) is 22.6 Å². The van der Waals surface area contributed by atoms with Crippen LogP contribution in [0, 0.1) is 0 Å². The number of pyridine rings is 5. The van der Waals surface area contributed by atoms with Gasteiger partial charge in [0.1, 0.15) is 16.7 Å². The molecule has 128 heavy (non-hydrogen) atoms. The largest absolute Gasteiger partial charge is 0.315 e. The van der Waals surface area contributed by atoms with Crippen molar-refractivity contribution in [2.45, 2.75) is 0 Å². The second-order valence-corrected chi connectivity index (χ2v) is 33.7. The number of rotatable bonds is 0. The summed E-state index contributed by atoms with van der Waals surface area (Å²) in [6.45, 7) is 0. The summed E-state index contributed by atoms with van der Waals surface area (Å²) in [4.78, 5) is 34.1. The SMILES string of the molecule is c1ccc2c(c1)c1ccccc1c1c2c2nc3nccnc3nc2n2cccc12.c1ccc2c(c1)cn1c3nc4ccccc4nc3c3c4ccccc4c4ccccc4c3c21.c1ccc2cc3c(cc2c1)c1c2ccccc2c2ccccc2c1c1c2ccccc2cn31.c1ccc2nc3c(cc2c1)c1c2ccccc2c2ccccc2c1c1c2ccccc2cn31. The van der Waals surface area contributed by atoms with E-state index in [4.69, 9.17) is 24.9 Å². The van der Waals surface area contributed by atoms with Gasteiger partial charge in [-0.2, -0.15) is 0 Å². The first-order valence-electron chi connectivity index (χ1n) is 43.5. The third-order valence-electron chi connectivity index (χ3n) is 27.0. The Labute approximate surface area is 726 Å². The molecule has 0 aliphatic heterocycles. The van der Waals surface area contributed by atoms with Crippen LogP contribution in [0.5, 0.6) is 0 Å². The third-order valence-corrected chi connectivity index (χ3v) is 27.0. The van der Waals surface area contributed by atoms with E-state index >= 15 is 0 Å². The normalized spacial score (nSPS) is 12.2. The van der Waals surface area contributed by atoms with Crippen molar-refractivity contribution in [2.24, 2.45) is 0 Å². The molecule has 0 saturated heterocycles. The molecule has 12 heterocycles. The zero-order valence-electron chi connectivity index (χ0n) is 68.6. The lowest BCUT2D eigenvalue weighted by molar-refractivity contribution is 1.15. The van der Waals surface area contributed by atoms with Crippen LogP contribution in [-0.4, -0.2) is 52.5 Å². The highest BCUT2D eigenvalue weighted by Crippen LogP contribution is 2.50. The van der Waals surface area contributed by atoms with E-state index < -0.39 is 0 Å². The van der Waals surface area contributed by atoms with Gasteiger partial charge in [0.05, 0.1) is 44.1 Å². The fourth-order valence-corrected chi connectivity index (χ4v) is 21.7. The zero-order chi connectivity index (χ0) is 83.5. The van der Waals surface area contributed by atoms with Crippen LogP contribution in [0.2, 0.25) is 0 Å². The summed E-state index contributed by atoms with van der Waals surface area (Å²) in [5, 5.41) is 44.0. The molecule has 0 bridgehead atoms. The van der Waals surface area contributed by atoms with Crippen molar-refractivity contribution in [1.82, 2.24) is 52.5 Å². The van der Waals surface area contributed by atoms with Crippen LogP contribution in [0.25, 0.3) is 272 Å². The maximum Gasteiger partial charge on any atom is 0.199 e. The molecule has 19 aromatic carbocycles. The topological polar surface area (TPSA) is 108 Å². The van der Waals surface area contributed by atoms with Crippen LogP contribution in [0.4, 0.5) is 0 Å². The average molecular weight is 1630 g/mol. The summed E-state index contributed by atoms with van der Waals surface area (Å²) in [5.74, 6) is 0. The summed E-state index contributed by atoms with van der Waals surface area (Å²) >= 11 is 0. The van der Waals surface area contributed by atoms with Crippen molar-refractivity contribution in [3.8, 4) is 0 Å². The standard InChI is InChI=1S/C32H19N.C31H18N2.C30H17N3.C24H13N5/c1-2-10-21-18-29-28(17-20(21)9-1)30-26-15-7-5-13-24(26)25-14-6-8-16-27(25)31(30)32-23-12-4-3-11-22(23)19-33(29)32;1-3-11-21-20(10-1)18-33-30(21)29-25-15-7-5-13-23(25)22-12-4-6-14-24(22)28(29)26-17-19-9-2-8-16-27(19)32-31(26)33;1-2-10-19-18(9-1)17-33-29(19)27-23-14-6-4-12-21(23)20-11-3-5-13-22(20)26(27)28-30(33)32-25-16-8-7-15-24(25)31-28;1-3-8-16-14(6-1)15-7-2-4-9-17(15)20-19(16)18-10-5-13-29(18)24-21(20)27-22-23(28-24)26-12-11-25-22/h1-19H;1-18H;1-17H;1-13H. The van der Waals surface area contributed by atoms with Crippen LogP contribution in [0.1, 0.15) is 0 Å². The Morgan fingerprint density at radius 3 is 0.977 bits per heavy atom. The fraction of sp³-hybridized carbons (Fsp3) is 0. The first-order chi connectivity index (χ1) is 63.5. The highest BCUT2D eigenvalue weighted by atomic mass is 15.1. The third kappa shape index (κ3) is 10.1. The minimum Gasteiger partial charge on any atom is -0.315 e. The minimum absolute atomic E-state index is 0.555. The first kappa shape index (κ1) is 70.2. The lowest BCUT2D eigenvalue weighted by Crippen LogP contribution is -1.99. The van der Waals surface area contributed by atoms with E-state index in [0.717, 1.165) is 55.4 Å². The van der Waals surface area contributed by atoms with E-state index in [0.29, 0.717) is 11.3 Å². The van der Waals surface area contributed by atoms with Crippen LogP contribution >= 0.6 is 0 Å². The molecule has 0 unspecified atom stereocenters. The number of hydrogen-bond donors (Lipinski definition) is 0. The molecule has 0 spiro atoms. The number of aromatic nitrogens is 11. The lowest BCUT2D eigenvalue weighted by Gasteiger charge is -2.16.